The number of ether oxygens (including phenoxy) is 2. The van der Waals surface area contributed by atoms with E-state index in [-0.39, 0.29) is 13.2 Å². The number of nitrogens with zero attached hydrogens (tertiary/aromatic N) is 3. The van der Waals surface area contributed by atoms with Crippen LogP contribution in [0.3, 0.4) is 0 Å². The molecule has 0 aliphatic heterocycles. The molecule has 47 heavy (non-hydrogen) atoms. The highest BCUT2D eigenvalue weighted by atomic mass is 35.5. The van der Waals surface area contributed by atoms with Gasteiger partial charge in [-0.15, -0.1) is 0 Å². The normalized spacial score (nSPS) is 10.6. The Bertz CT molecular complexity index is 1640. The van der Waals surface area contributed by atoms with Crippen molar-refractivity contribution in [2.45, 2.75) is 59.6 Å². The fourth-order valence-electron chi connectivity index (χ4n) is 4.14. The zero-order valence-electron chi connectivity index (χ0n) is 26.6. The molecule has 1 unspecified atom stereocenters. The molecular formula is C34H38Cl3N5O5. The van der Waals surface area contributed by atoms with Gasteiger partial charge in [0.1, 0.15) is 0 Å². The molecule has 1 atom stereocenters. The number of nitrogens with two attached hydrogens (primary N) is 1. The highest BCUT2D eigenvalue weighted by molar-refractivity contribution is 6.34. The van der Waals surface area contributed by atoms with E-state index >= 15 is 0 Å². The molecule has 0 saturated carbocycles. The largest absolute Gasteiger partial charge is 0.463 e. The Morgan fingerprint density at radius 2 is 1.49 bits per heavy atom. The molecule has 0 saturated heterocycles. The second-order valence-electron chi connectivity index (χ2n) is 9.60. The van der Waals surface area contributed by atoms with Crippen LogP contribution in [0.1, 0.15) is 44.4 Å². The second-order valence-corrected chi connectivity index (χ2v) is 10.8. The van der Waals surface area contributed by atoms with E-state index in [4.69, 9.17) is 50.0 Å². The number of nitrogen functional groups attached to an aromatic ring is 1. The SMILES string of the molecule is CCOC(=O)C(Cn1cccn1)OC(=O)Nc1c(Cl)cccc1CC.CCc1cccc(Cl)c1N.CCc1cccc(Cl)c1N=C=O. The summed E-state index contributed by atoms with van der Waals surface area (Å²) >= 11 is 17.7. The lowest BCUT2D eigenvalue weighted by Gasteiger charge is -2.18. The third-order valence-electron chi connectivity index (χ3n) is 6.55. The Morgan fingerprint density at radius 1 is 0.894 bits per heavy atom. The molecule has 3 aromatic carbocycles. The molecule has 0 aliphatic rings. The van der Waals surface area contributed by atoms with Gasteiger partial charge in [-0.2, -0.15) is 10.1 Å². The van der Waals surface area contributed by atoms with Gasteiger partial charge in [-0.1, -0.05) is 92.0 Å². The Kier molecular flexibility index (Phi) is 17.1. The number of halogens is 3. The minimum absolute atomic E-state index is 0.0579. The average Bonchev–Trinajstić information content (AvgIpc) is 3.58. The molecule has 4 rings (SSSR count). The Balaban J connectivity index is 0.000000287. The summed E-state index contributed by atoms with van der Waals surface area (Å²) in [4.78, 5) is 37.9. The van der Waals surface area contributed by atoms with Crippen LogP contribution in [0.15, 0.2) is 78.0 Å². The molecule has 1 amide bonds. The van der Waals surface area contributed by atoms with Crippen molar-refractivity contribution in [2.75, 3.05) is 17.7 Å². The molecule has 0 spiro atoms. The van der Waals surface area contributed by atoms with Crippen LogP contribution < -0.4 is 11.1 Å². The predicted octanol–water partition coefficient (Wildman–Crippen LogP) is 8.63. The minimum Gasteiger partial charge on any atom is -0.463 e. The summed E-state index contributed by atoms with van der Waals surface area (Å²) in [6.45, 7) is 7.91. The molecule has 4 aromatic rings. The van der Waals surface area contributed by atoms with Gasteiger partial charge >= 0.3 is 12.1 Å². The number of esters is 1. The van der Waals surface area contributed by atoms with Crippen molar-refractivity contribution in [1.29, 1.82) is 0 Å². The summed E-state index contributed by atoms with van der Waals surface area (Å²) in [5, 5.41) is 8.16. The third kappa shape index (κ3) is 12.4. The molecule has 3 N–H and O–H groups in total. The smallest absolute Gasteiger partial charge is 0.412 e. The molecule has 1 aromatic heterocycles. The van der Waals surface area contributed by atoms with Crippen molar-refractivity contribution in [3.8, 4) is 0 Å². The van der Waals surface area contributed by atoms with E-state index in [2.05, 4.69) is 22.3 Å². The molecule has 0 aliphatic carbocycles. The molecule has 250 valence electrons. The number of rotatable bonds is 10. The van der Waals surface area contributed by atoms with E-state index in [1.807, 2.05) is 44.2 Å². The molecule has 13 heteroatoms. The zero-order valence-corrected chi connectivity index (χ0v) is 28.9. The topological polar surface area (TPSA) is 138 Å². The van der Waals surface area contributed by atoms with Gasteiger partial charge in [0.15, 0.2) is 0 Å². The number of aromatic nitrogens is 2. The van der Waals surface area contributed by atoms with Crippen LogP contribution in [-0.2, 0) is 44.9 Å². The first-order valence-corrected chi connectivity index (χ1v) is 16.0. The fourth-order valence-corrected chi connectivity index (χ4v) is 4.82. The maximum absolute atomic E-state index is 12.3. The van der Waals surface area contributed by atoms with Gasteiger partial charge in [-0.25, -0.2) is 14.4 Å². The summed E-state index contributed by atoms with van der Waals surface area (Å²) in [6.07, 6.45) is 5.25. The first-order valence-electron chi connectivity index (χ1n) is 14.9. The van der Waals surface area contributed by atoms with Crippen molar-refractivity contribution in [1.82, 2.24) is 9.78 Å². The van der Waals surface area contributed by atoms with Gasteiger partial charge in [-0.05, 0) is 67.1 Å². The van der Waals surface area contributed by atoms with Crippen LogP contribution in [0.25, 0.3) is 0 Å². The van der Waals surface area contributed by atoms with E-state index in [1.54, 1.807) is 49.6 Å². The van der Waals surface area contributed by atoms with E-state index in [9.17, 15) is 14.4 Å². The summed E-state index contributed by atoms with van der Waals surface area (Å²) in [7, 11) is 0. The second kappa shape index (κ2) is 20.7. The van der Waals surface area contributed by atoms with Crippen LogP contribution in [-0.4, -0.2) is 40.6 Å². The van der Waals surface area contributed by atoms with Gasteiger partial charge in [-0.3, -0.25) is 10.00 Å². The number of isocyanates is 1. The number of aliphatic imine (C=N–C) groups is 1. The highest BCUT2D eigenvalue weighted by Crippen LogP contribution is 2.29. The van der Waals surface area contributed by atoms with Gasteiger partial charge in [0.2, 0.25) is 12.2 Å². The number of carbonyl (C=O) groups excluding carboxylic acids is 3. The molecule has 0 radical (unpaired) electrons. The summed E-state index contributed by atoms with van der Waals surface area (Å²) < 4.78 is 11.7. The van der Waals surface area contributed by atoms with Crippen LogP contribution >= 0.6 is 34.8 Å². The number of aryl methyl sites for hydroxylation is 3. The highest BCUT2D eigenvalue weighted by Gasteiger charge is 2.26. The predicted molar refractivity (Wildman–Crippen MR) is 187 cm³/mol. The lowest BCUT2D eigenvalue weighted by Crippen LogP contribution is -2.35. The number of benzene rings is 3. The van der Waals surface area contributed by atoms with Crippen LogP contribution in [0.4, 0.5) is 21.9 Å². The number of carbonyl (C=O) groups is 2. The van der Waals surface area contributed by atoms with Gasteiger partial charge < -0.3 is 15.2 Å². The van der Waals surface area contributed by atoms with Gasteiger partial charge in [0, 0.05) is 12.4 Å². The molecule has 0 fully saturated rings. The van der Waals surface area contributed by atoms with Crippen molar-refractivity contribution < 1.29 is 23.9 Å². The fraction of sp³-hybridized carbons (Fsp3) is 0.294. The third-order valence-corrected chi connectivity index (χ3v) is 7.50. The first-order chi connectivity index (χ1) is 22.6. The van der Waals surface area contributed by atoms with Gasteiger partial charge in [0.25, 0.3) is 0 Å². The van der Waals surface area contributed by atoms with Gasteiger partial charge in [0.05, 0.1) is 45.3 Å². The maximum atomic E-state index is 12.3. The first kappa shape index (κ1) is 38.8. The monoisotopic (exact) mass is 701 g/mol. The van der Waals surface area contributed by atoms with Crippen LogP contribution in [0.5, 0.6) is 0 Å². The van der Waals surface area contributed by atoms with Crippen molar-refractivity contribution in [2.24, 2.45) is 4.99 Å². The summed E-state index contributed by atoms with van der Waals surface area (Å²) in [5.41, 5.74) is 10.3. The Hall–Kier alpha value is -4.34. The maximum Gasteiger partial charge on any atom is 0.412 e. The number of amides is 1. The summed E-state index contributed by atoms with van der Waals surface area (Å²) in [6, 6.07) is 18.2. The van der Waals surface area contributed by atoms with E-state index in [1.165, 1.54) is 10.8 Å². The Morgan fingerprint density at radius 3 is 2.04 bits per heavy atom. The van der Waals surface area contributed by atoms with Crippen molar-refractivity contribution in [3.63, 3.8) is 0 Å². The standard InChI is InChI=1S/C17H20ClN3O4.C9H8ClNO.C8H10ClN/c1-3-12-7-5-8-13(18)15(12)20-17(23)25-14(16(22)24-4-2)11-21-10-6-9-19-21;1-2-7-4-3-5-8(10)9(7)11-6-12;1-2-6-4-3-5-7(9)8(6)10/h5-10,14H,3-4,11H2,1-2H3,(H,20,23);3-5H,2H2,1H3;3-5H,2,10H2,1H3. The molecular weight excluding hydrogens is 665 g/mol. The van der Waals surface area contributed by atoms with Crippen LogP contribution in [0, 0.1) is 0 Å². The number of hydrogen-bond donors (Lipinski definition) is 2. The number of anilines is 2. The van der Waals surface area contributed by atoms with Crippen molar-refractivity contribution in [3.05, 3.63) is 105 Å². The quantitative estimate of drug-likeness (QED) is 0.0730. The lowest BCUT2D eigenvalue weighted by molar-refractivity contribution is -0.153. The van der Waals surface area contributed by atoms with Crippen LogP contribution in [0.2, 0.25) is 15.1 Å². The van der Waals surface area contributed by atoms with Crippen molar-refractivity contribution >= 4 is 70.0 Å². The average molecular weight is 703 g/mol. The molecule has 1 heterocycles. The number of hydrogen-bond acceptors (Lipinski definition) is 8. The molecule has 0 bridgehead atoms. The molecule has 10 nitrogen and oxygen atoms in total. The lowest BCUT2D eigenvalue weighted by atomic mass is 10.1. The Labute approximate surface area is 289 Å². The summed E-state index contributed by atoms with van der Waals surface area (Å²) in [5.74, 6) is -0.636. The number of para-hydroxylation sites is 3. The van der Waals surface area contributed by atoms with E-state index in [0.717, 1.165) is 29.5 Å². The van der Waals surface area contributed by atoms with E-state index < -0.39 is 18.2 Å². The minimum atomic E-state index is -1.12. The number of nitrogens with one attached hydrogen (secondary N) is 1. The zero-order chi connectivity index (χ0) is 34.8. The van der Waals surface area contributed by atoms with E-state index in [0.29, 0.717) is 38.6 Å².